The topological polar surface area (TPSA) is 41.8 Å². The molecule has 1 N–H and O–H groups in total. The first-order valence-electron chi connectivity index (χ1n) is 3.75. The van der Waals surface area contributed by atoms with E-state index in [1.807, 2.05) is 25.1 Å². The third kappa shape index (κ3) is 1.10. The molecular formula is C8H8BNO2. The second-order valence-corrected chi connectivity index (χ2v) is 2.82. The zero-order valence-electron chi connectivity index (χ0n) is 6.69. The molecule has 0 spiro atoms. The van der Waals surface area contributed by atoms with Crippen molar-refractivity contribution >= 4 is 18.8 Å². The number of fused-ring (bicyclic) bond motifs is 1. The van der Waals surface area contributed by atoms with Crippen molar-refractivity contribution in [2.75, 3.05) is 0 Å². The second-order valence-electron chi connectivity index (χ2n) is 2.82. The van der Waals surface area contributed by atoms with E-state index >= 15 is 0 Å². The van der Waals surface area contributed by atoms with Gasteiger partial charge in [0.1, 0.15) is 0 Å². The van der Waals surface area contributed by atoms with Crippen molar-refractivity contribution in [1.29, 1.82) is 0 Å². The van der Waals surface area contributed by atoms with Crippen LogP contribution in [0.2, 0.25) is 0 Å². The van der Waals surface area contributed by atoms with Gasteiger partial charge in [0.2, 0.25) is 0 Å². The molecule has 0 amide bonds. The zero-order chi connectivity index (χ0) is 8.55. The monoisotopic (exact) mass is 161 g/mol. The molecule has 0 aromatic heterocycles. The largest absolute Gasteiger partial charge is 0.583 e. The van der Waals surface area contributed by atoms with Crippen molar-refractivity contribution in [3.8, 4) is 0 Å². The summed E-state index contributed by atoms with van der Waals surface area (Å²) in [5.41, 5.74) is 2.80. The molecule has 0 unspecified atom stereocenters. The van der Waals surface area contributed by atoms with Crippen LogP contribution in [0.3, 0.4) is 0 Å². The Morgan fingerprint density at radius 1 is 1.50 bits per heavy atom. The van der Waals surface area contributed by atoms with E-state index in [0.29, 0.717) is 0 Å². The van der Waals surface area contributed by atoms with Crippen LogP contribution >= 0.6 is 0 Å². The highest BCUT2D eigenvalue weighted by Gasteiger charge is 2.24. The summed E-state index contributed by atoms with van der Waals surface area (Å²) in [6.45, 7) is 1.97. The number of hydrogen-bond donors (Lipinski definition) is 1. The van der Waals surface area contributed by atoms with E-state index in [0.717, 1.165) is 16.6 Å². The van der Waals surface area contributed by atoms with Gasteiger partial charge in [0.05, 0.1) is 6.21 Å². The van der Waals surface area contributed by atoms with Gasteiger partial charge in [-0.3, -0.25) is 0 Å². The van der Waals surface area contributed by atoms with Crippen LogP contribution in [-0.4, -0.2) is 18.4 Å². The van der Waals surface area contributed by atoms with Crippen molar-refractivity contribution < 1.29 is 9.78 Å². The number of oxime groups is 1. The summed E-state index contributed by atoms with van der Waals surface area (Å²) < 4.78 is 4.68. The van der Waals surface area contributed by atoms with Gasteiger partial charge in [0.25, 0.3) is 0 Å². The van der Waals surface area contributed by atoms with Crippen LogP contribution in [0.1, 0.15) is 11.1 Å². The van der Waals surface area contributed by atoms with Gasteiger partial charge >= 0.3 is 7.12 Å². The number of nitrogens with zero attached hydrogens (tertiary/aromatic N) is 1. The van der Waals surface area contributed by atoms with E-state index in [2.05, 4.69) is 9.91 Å². The summed E-state index contributed by atoms with van der Waals surface area (Å²) in [6, 6.07) is 5.79. The van der Waals surface area contributed by atoms with E-state index in [-0.39, 0.29) is 0 Å². The number of hydrogen-bond acceptors (Lipinski definition) is 3. The molecule has 0 fully saturated rings. The van der Waals surface area contributed by atoms with Crippen molar-refractivity contribution in [1.82, 2.24) is 0 Å². The maximum absolute atomic E-state index is 9.35. The average molecular weight is 161 g/mol. The van der Waals surface area contributed by atoms with Gasteiger partial charge in [-0.1, -0.05) is 23.8 Å². The molecule has 1 heterocycles. The summed E-state index contributed by atoms with van der Waals surface area (Å²) in [7, 11) is -0.912. The molecule has 1 aliphatic heterocycles. The maximum Gasteiger partial charge on any atom is 0.583 e. The Morgan fingerprint density at radius 2 is 2.33 bits per heavy atom. The molecule has 0 bridgehead atoms. The fraction of sp³-hybridized carbons (Fsp3) is 0.125. The molecular weight excluding hydrogens is 153 g/mol. The third-order valence-corrected chi connectivity index (χ3v) is 1.86. The lowest BCUT2D eigenvalue weighted by Crippen LogP contribution is -2.37. The van der Waals surface area contributed by atoms with Gasteiger partial charge in [0.15, 0.2) is 0 Å². The van der Waals surface area contributed by atoms with Gasteiger partial charge in [0, 0.05) is 5.46 Å². The second kappa shape index (κ2) is 2.64. The lowest BCUT2D eigenvalue weighted by molar-refractivity contribution is 0.286. The molecule has 1 aliphatic rings. The fourth-order valence-corrected chi connectivity index (χ4v) is 1.23. The van der Waals surface area contributed by atoms with Crippen LogP contribution < -0.4 is 5.46 Å². The van der Waals surface area contributed by atoms with Crippen molar-refractivity contribution in [2.24, 2.45) is 5.16 Å². The smallest absolute Gasteiger partial charge is 0.427 e. The molecule has 0 radical (unpaired) electrons. The molecule has 2 rings (SSSR count). The van der Waals surface area contributed by atoms with Gasteiger partial charge < -0.3 is 9.78 Å². The van der Waals surface area contributed by atoms with E-state index in [9.17, 15) is 5.02 Å². The van der Waals surface area contributed by atoms with Crippen LogP contribution in [0.25, 0.3) is 0 Å². The molecule has 0 atom stereocenters. The highest BCUT2D eigenvalue weighted by atomic mass is 16.6. The first-order valence-corrected chi connectivity index (χ1v) is 3.75. The lowest BCUT2D eigenvalue weighted by Gasteiger charge is -2.12. The summed E-state index contributed by atoms with van der Waals surface area (Å²) >= 11 is 0. The third-order valence-electron chi connectivity index (χ3n) is 1.86. The number of rotatable bonds is 0. The molecule has 0 saturated heterocycles. The Hall–Kier alpha value is -1.29. The minimum atomic E-state index is -0.912. The molecule has 1 aromatic rings. The molecule has 3 nitrogen and oxygen atoms in total. The average Bonchev–Trinajstić information content (AvgIpc) is 2.07. The Kier molecular flexibility index (Phi) is 1.62. The summed E-state index contributed by atoms with van der Waals surface area (Å²) in [5, 5.41) is 12.9. The highest BCUT2D eigenvalue weighted by Crippen LogP contribution is 2.04. The Labute approximate surface area is 70.8 Å². The van der Waals surface area contributed by atoms with Crippen LogP contribution in [0.4, 0.5) is 0 Å². The van der Waals surface area contributed by atoms with Gasteiger partial charge in [-0.15, -0.1) is 5.16 Å². The Balaban J connectivity index is 2.56. The highest BCUT2D eigenvalue weighted by molar-refractivity contribution is 6.62. The number of benzene rings is 1. The minimum Gasteiger partial charge on any atom is -0.427 e. The SMILES string of the molecule is Cc1ccc2c(c1)B(O)ON=C2. The Morgan fingerprint density at radius 3 is 3.17 bits per heavy atom. The first-order chi connectivity index (χ1) is 5.77. The fourth-order valence-electron chi connectivity index (χ4n) is 1.23. The van der Waals surface area contributed by atoms with E-state index in [4.69, 9.17) is 0 Å². The van der Waals surface area contributed by atoms with Crippen LogP contribution in [-0.2, 0) is 4.76 Å². The molecule has 0 aliphatic carbocycles. The van der Waals surface area contributed by atoms with Gasteiger partial charge in [-0.05, 0) is 12.5 Å². The Bertz CT molecular complexity index is 338. The van der Waals surface area contributed by atoms with E-state index in [1.54, 1.807) is 6.21 Å². The molecule has 60 valence electrons. The van der Waals surface area contributed by atoms with Crippen LogP contribution in [0, 0.1) is 6.92 Å². The van der Waals surface area contributed by atoms with Gasteiger partial charge in [-0.25, -0.2) is 0 Å². The molecule has 0 saturated carbocycles. The van der Waals surface area contributed by atoms with Crippen molar-refractivity contribution in [3.05, 3.63) is 29.3 Å². The lowest BCUT2D eigenvalue weighted by atomic mass is 9.75. The standard InChI is InChI=1S/C8H8BNO2/c1-6-2-3-7-5-10-12-9(11)8(7)4-6/h2-5,11H,1H3. The van der Waals surface area contributed by atoms with Gasteiger partial charge in [-0.2, -0.15) is 0 Å². The van der Waals surface area contributed by atoms with E-state index < -0.39 is 7.12 Å². The van der Waals surface area contributed by atoms with Crippen molar-refractivity contribution in [2.45, 2.75) is 6.92 Å². The van der Waals surface area contributed by atoms with Crippen molar-refractivity contribution in [3.63, 3.8) is 0 Å². The molecule has 12 heavy (non-hydrogen) atoms. The van der Waals surface area contributed by atoms with Crippen LogP contribution in [0.15, 0.2) is 23.4 Å². The summed E-state index contributed by atoms with van der Waals surface area (Å²) in [4.78, 5) is 0. The molecule has 1 aromatic carbocycles. The zero-order valence-corrected chi connectivity index (χ0v) is 6.69. The predicted molar refractivity (Wildman–Crippen MR) is 47.5 cm³/mol. The first kappa shape index (κ1) is 7.37. The molecule has 4 heteroatoms. The van der Waals surface area contributed by atoms with E-state index in [1.165, 1.54) is 0 Å². The van der Waals surface area contributed by atoms with Crippen LogP contribution in [0.5, 0.6) is 0 Å². The summed E-state index contributed by atoms with van der Waals surface area (Å²) in [5.74, 6) is 0. The normalized spacial score (nSPS) is 14.0. The quantitative estimate of drug-likeness (QED) is 0.546. The minimum absolute atomic E-state index is 0.782. The number of aryl methyl sites for hydroxylation is 1. The summed E-state index contributed by atoms with van der Waals surface area (Å²) in [6.07, 6.45) is 1.60. The maximum atomic E-state index is 9.35. The predicted octanol–water partition coefficient (Wildman–Crippen LogP) is 0.0466.